The SMILES string of the molecule is CCOC(=O)N1CC(CC(=O)C[C@@H]2CCc3cc(C(O)(C(F)(F)F)C(F)(F)F)ccc3N2S(=O)(=O)c2ccc(F)cc2)C(O)c2ccccc21. The molecular formula is C33H31F7N2O7S. The van der Waals surface area contributed by atoms with E-state index in [9.17, 15) is 59.0 Å². The summed E-state index contributed by atoms with van der Waals surface area (Å²) in [7, 11) is -4.71. The number of fused-ring (bicyclic) bond motifs is 2. The maximum absolute atomic E-state index is 14.0. The number of halogens is 7. The molecule has 17 heteroatoms. The van der Waals surface area contributed by atoms with Gasteiger partial charge in [-0.2, -0.15) is 26.3 Å². The number of ketones is 1. The zero-order chi connectivity index (χ0) is 36.8. The molecule has 0 saturated heterocycles. The highest BCUT2D eigenvalue weighted by atomic mass is 32.2. The number of benzene rings is 3. The van der Waals surface area contributed by atoms with Crippen LogP contribution in [0.25, 0.3) is 0 Å². The first-order valence-electron chi connectivity index (χ1n) is 15.3. The molecule has 0 radical (unpaired) electrons. The van der Waals surface area contributed by atoms with E-state index in [1.807, 2.05) is 0 Å². The predicted octanol–water partition coefficient (Wildman–Crippen LogP) is 6.32. The smallest absolute Gasteiger partial charge is 0.430 e. The third-order valence-electron chi connectivity index (χ3n) is 8.86. The van der Waals surface area contributed by atoms with Crippen molar-refractivity contribution in [2.24, 2.45) is 5.92 Å². The Kier molecular flexibility index (Phi) is 9.99. The number of hydrogen-bond donors (Lipinski definition) is 2. The fourth-order valence-electron chi connectivity index (χ4n) is 6.44. The third kappa shape index (κ3) is 6.65. The number of nitrogens with zero attached hydrogens (tertiary/aromatic N) is 2. The Bertz CT molecular complexity index is 1850. The lowest BCUT2D eigenvalue weighted by Gasteiger charge is -2.40. The number of ether oxygens (including phenoxy) is 1. The molecular weight excluding hydrogens is 701 g/mol. The monoisotopic (exact) mass is 732 g/mol. The molecule has 0 saturated carbocycles. The molecule has 0 aliphatic carbocycles. The number of rotatable bonds is 8. The summed E-state index contributed by atoms with van der Waals surface area (Å²) in [5, 5.41) is 21.1. The van der Waals surface area contributed by atoms with Crippen LogP contribution in [0.2, 0.25) is 0 Å². The Morgan fingerprint density at radius 1 is 0.920 bits per heavy atom. The van der Waals surface area contributed by atoms with E-state index in [4.69, 9.17) is 4.74 Å². The van der Waals surface area contributed by atoms with E-state index in [1.165, 1.54) is 4.90 Å². The number of aryl methyl sites for hydroxylation is 1. The van der Waals surface area contributed by atoms with E-state index in [-0.39, 0.29) is 43.7 Å². The molecule has 3 atom stereocenters. The van der Waals surface area contributed by atoms with Gasteiger partial charge in [0.25, 0.3) is 15.6 Å². The number of amides is 1. The number of aliphatic hydroxyl groups excluding tert-OH is 1. The van der Waals surface area contributed by atoms with Crippen LogP contribution in [0.4, 0.5) is 46.9 Å². The van der Waals surface area contributed by atoms with Crippen LogP contribution in [-0.4, -0.2) is 62.1 Å². The first kappa shape index (κ1) is 37.0. The molecule has 1 amide bonds. The number of Topliss-reactive ketones (excluding diaryl/α,β-unsaturated/α-hetero) is 1. The van der Waals surface area contributed by atoms with E-state index >= 15 is 0 Å². The van der Waals surface area contributed by atoms with Gasteiger partial charge in [-0.05, 0) is 61.7 Å². The first-order chi connectivity index (χ1) is 23.3. The minimum atomic E-state index is -6.18. The van der Waals surface area contributed by atoms with Gasteiger partial charge >= 0.3 is 18.4 Å². The van der Waals surface area contributed by atoms with Crippen molar-refractivity contribution < 1.29 is 63.7 Å². The maximum atomic E-state index is 14.0. The number of aliphatic hydroxyl groups is 2. The van der Waals surface area contributed by atoms with Crippen molar-refractivity contribution in [2.75, 3.05) is 22.4 Å². The Morgan fingerprint density at radius 3 is 2.18 bits per heavy atom. The number of sulfonamides is 1. The van der Waals surface area contributed by atoms with Crippen molar-refractivity contribution in [3.63, 3.8) is 0 Å². The van der Waals surface area contributed by atoms with Crippen LogP contribution in [0, 0.1) is 11.7 Å². The van der Waals surface area contributed by atoms with E-state index in [0.29, 0.717) is 33.8 Å². The quantitative estimate of drug-likeness (QED) is 0.260. The highest BCUT2D eigenvalue weighted by Gasteiger charge is 2.71. The fraction of sp³-hybridized carbons (Fsp3) is 0.394. The van der Waals surface area contributed by atoms with Gasteiger partial charge < -0.3 is 14.9 Å². The van der Waals surface area contributed by atoms with Crippen molar-refractivity contribution in [1.29, 1.82) is 0 Å². The number of carbonyl (C=O) groups excluding carboxylic acids is 2. The van der Waals surface area contributed by atoms with Gasteiger partial charge in [-0.15, -0.1) is 0 Å². The van der Waals surface area contributed by atoms with Crippen molar-refractivity contribution in [3.05, 3.63) is 89.2 Å². The molecule has 50 heavy (non-hydrogen) atoms. The second-order valence-corrected chi connectivity index (χ2v) is 13.8. The minimum Gasteiger partial charge on any atom is -0.449 e. The third-order valence-corrected chi connectivity index (χ3v) is 10.7. The topological polar surface area (TPSA) is 124 Å². The molecule has 3 aromatic rings. The van der Waals surface area contributed by atoms with E-state index in [0.717, 1.165) is 24.3 Å². The van der Waals surface area contributed by atoms with Crippen LogP contribution in [0.1, 0.15) is 49.0 Å². The maximum Gasteiger partial charge on any atom is 0.430 e. The lowest BCUT2D eigenvalue weighted by Crippen LogP contribution is -2.54. The Balaban J connectivity index is 1.50. The fourth-order valence-corrected chi connectivity index (χ4v) is 8.16. The second-order valence-electron chi connectivity index (χ2n) is 12.0. The van der Waals surface area contributed by atoms with E-state index in [1.54, 1.807) is 31.2 Å². The highest BCUT2D eigenvalue weighted by molar-refractivity contribution is 7.92. The van der Waals surface area contributed by atoms with Gasteiger partial charge in [0.05, 0.1) is 35.0 Å². The van der Waals surface area contributed by atoms with Crippen LogP contribution < -0.4 is 9.21 Å². The molecule has 3 aromatic carbocycles. The summed E-state index contributed by atoms with van der Waals surface area (Å²) in [4.78, 5) is 27.1. The minimum absolute atomic E-state index is 0.0539. The van der Waals surface area contributed by atoms with Crippen molar-refractivity contribution in [1.82, 2.24) is 0 Å². The summed E-state index contributed by atoms with van der Waals surface area (Å²) in [5.74, 6) is -2.21. The van der Waals surface area contributed by atoms with Gasteiger partial charge in [0.2, 0.25) is 0 Å². The summed E-state index contributed by atoms with van der Waals surface area (Å²) >= 11 is 0. The van der Waals surface area contributed by atoms with Crippen LogP contribution >= 0.6 is 0 Å². The van der Waals surface area contributed by atoms with E-state index < -0.39 is 80.6 Å². The summed E-state index contributed by atoms with van der Waals surface area (Å²) in [6.45, 7) is 1.53. The number of anilines is 2. The van der Waals surface area contributed by atoms with Crippen molar-refractivity contribution >= 4 is 33.3 Å². The normalized spacial score (nSPS) is 19.8. The first-order valence-corrected chi connectivity index (χ1v) is 16.8. The molecule has 270 valence electrons. The average Bonchev–Trinajstić information content (AvgIpc) is 3.04. The van der Waals surface area contributed by atoms with Crippen LogP contribution in [-0.2, 0) is 31.6 Å². The van der Waals surface area contributed by atoms with Gasteiger partial charge in [0, 0.05) is 36.4 Å². The summed E-state index contributed by atoms with van der Waals surface area (Å²) < 4.78 is 130. The summed E-state index contributed by atoms with van der Waals surface area (Å²) in [5.41, 5.74) is -6.74. The predicted molar refractivity (Wildman–Crippen MR) is 164 cm³/mol. The molecule has 2 N–H and O–H groups in total. The summed E-state index contributed by atoms with van der Waals surface area (Å²) in [6, 6.07) is 10.2. The molecule has 0 aromatic heterocycles. The zero-order valence-corrected chi connectivity index (χ0v) is 27.0. The molecule has 2 aliphatic heterocycles. The molecule has 2 heterocycles. The lowest BCUT2D eigenvalue weighted by atomic mass is 9.84. The zero-order valence-electron chi connectivity index (χ0n) is 26.2. The average molecular weight is 733 g/mol. The Morgan fingerprint density at radius 2 is 1.56 bits per heavy atom. The molecule has 2 unspecified atom stereocenters. The summed E-state index contributed by atoms with van der Waals surface area (Å²) in [6.07, 6.45) is -15.7. The largest absolute Gasteiger partial charge is 0.449 e. The van der Waals surface area contributed by atoms with E-state index in [2.05, 4.69) is 0 Å². The molecule has 0 bridgehead atoms. The molecule has 0 fully saturated rings. The van der Waals surface area contributed by atoms with Gasteiger partial charge in [0.15, 0.2) is 0 Å². The molecule has 5 rings (SSSR count). The highest BCUT2D eigenvalue weighted by Crippen LogP contribution is 2.51. The van der Waals surface area contributed by atoms with Crippen LogP contribution in [0.3, 0.4) is 0 Å². The number of alkyl halides is 6. The second kappa shape index (κ2) is 13.5. The van der Waals surface area contributed by atoms with Gasteiger partial charge in [-0.3, -0.25) is 14.0 Å². The molecule has 2 aliphatic rings. The van der Waals surface area contributed by atoms with Crippen molar-refractivity contribution in [3.8, 4) is 0 Å². The number of para-hydroxylation sites is 1. The lowest BCUT2D eigenvalue weighted by molar-refractivity contribution is -0.376. The van der Waals surface area contributed by atoms with Crippen LogP contribution in [0.15, 0.2) is 71.6 Å². The standard InChI is InChI=1S/C33H31F7N2O7S/c1-2-49-30(45)41-18-20(29(44)26-5-3-4-6-28(26)41)16-24(43)17-23-11-7-19-15-21(31(46,32(35,36)37)33(38,39)40)8-14-27(19)42(23)50(47,48)25-12-9-22(34)10-13-25/h3-6,8-10,12-15,20,23,29,44,46H,2,7,11,16-18H2,1H3/t20?,23-,29?/m0/s1. The number of hydrogen-bond acceptors (Lipinski definition) is 7. The number of carbonyl (C=O) groups is 2. The van der Waals surface area contributed by atoms with Gasteiger partial charge in [0.1, 0.15) is 11.6 Å². The Labute approximate surface area is 281 Å². The van der Waals surface area contributed by atoms with Crippen LogP contribution in [0.5, 0.6) is 0 Å². The molecule has 0 spiro atoms. The Hall–Kier alpha value is -4.22. The van der Waals surface area contributed by atoms with Gasteiger partial charge in [-0.1, -0.05) is 30.3 Å². The van der Waals surface area contributed by atoms with Crippen molar-refractivity contribution in [2.45, 2.75) is 67.6 Å². The van der Waals surface area contributed by atoms with Gasteiger partial charge in [-0.25, -0.2) is 17.6 Å². The molecule has 9 nitrogen and oxygen atoms in total.